The van der Waals surface area contributed by atoms with Gasteiger partial charge in [0, 0.05) is 10.0 Å². The maximum Gasteiger partial charge on any atom is 0.335 e. The van der Waals surface area contributed by atoms with Crippen LogP contribution in [0.15, 0.2) is 76.8 Å². The molecule has 1 N–H and O–H groups in total. The smallest absolute Gasteiger partial charge is 0.335 e. The summed E-state index contributed by atoms with van der Waals surface area (Å²) in [5.74, 6) is -0.934. The number of anilines is 1. The van der Waals surface area contributed by atoms with Crippen LogP contribution < -0.4 is 15.0 Å². The minimum absolute atomic E-state index is 0.155. The minimum Gasteiger partial charge on any atom is -0.488 e. The molecule has 0 atom stereocenters. The molecule has 6 nitrogen and oxygen atoms in total. The summed E-state index contributed by atoms with van der Waals surface area (Å²) in [7, 11) is 0. The van der Waals surface area contributed by atoms with Crippen molar-refractivity contribution in [2.24, 2.45) is 0 Å². The number of hydrogen-bond acceptors (Lipinski definition) is 4. The van der Waals surface area contributed by atoms with Crippen LogP contribution in [0.4, 0.5) is 10.5 Å². The van der Waals surface area contributed by atoms with Crippen LogP contribution in [0, 0.1) is 6.92 Å². The molecular formula is C27H23BrN2O4. The van der Waals surface area contributed by atoms with E-state index < -0.39 is 17.8 Å². The van der Waals surface area contributed by atoms with Crippen molar-refractivity contribution in [3.8, 4) is 5.75 Å². The summed E-state index contributed by atoms with van der Waals surface area (Å²) in [4.78, 5) is 39.3. The SMILES string of the molecule is CCc1ccc(N2C(=O)NC(=O)/C(=C/c3cc(Br)ccc3OCc3ccc(C)cc3)C2=O)cc1. The fourth-order valence-electron chi connectivity index (χ4n) is 3.54. The Hall–Kier alpha value is -3.71. The zero-order valence-corrected chi connectivity index (χ0v) is 20.4. The number of amides is 4. The van der Waals surface area contributed by atoms with Gasteiger partial charge in [0.2, 0.25) is 0 Å². The third kappa shape index (κ3) is 5.10. The number of barbiturate groups is 1. The van der Waals surface area contributed by atoms with E-state index in [1.807, 2.05) is 56.3 Å². The molecule has 0 aromatic heterocycles. The normalized spacial score (nSPS) is 15.0. The molecule has 0 bridgehead atoms. The lowest BCUT2D eigenvalue weighted by Gasteiger charge is -2.26. The van der Waals surface area contributed by atoms with E-state index in [0.29, 0.717) is 23.6 Å². The van der Waals surface area contributed by atoms with Gasteiger partial charge in [-0.25, -0.2) is 9.69 Å². The Morgan fingerprint density at radius 1 is 0.941 bits per heavy atom. The maximum atomic E-state index is 13.2. The zero-order chi connectivity index (χ0) is 24.2. The predicted octanol–water partition coefficient (Wildman–Crippen LogP) is 5.57. The first-order valence-electron chi connectivity index (χ1n) is 10.8. The fraction of sp³-hybridized carbons (Fsp3) is 0.148. The minimum atomic E-state index is -0.776. The Morgan fingerprint density at radius 2 is 1.62 bits per heavy atom. The first kappa shape index (κ1) is 23.4. The van der Waals surface area contributed by atoms with E-state index in [1.54, 1.807) is 24.3 Å². The summed E-state index contributed by atoms with van der Waals surface area (Å²) in [6.07, 6.45) is 2.28. The molecule has 0 saturated carbocycles. The number of rotatable bonds is 6. The summed E-state index contributed by atoms with van der Waals surface area (Å²) >= 11 is 3.43. The van der Waals surface area contributed by atoms with Gasteiger partial charge in [0.25, 0.3) is 11.8 Å². The van der Waals surface area contributed by atoms with Crippen molar-refractivity contribution in [2.45, 2.75) is 26.9 Å². The van der Waals surface area contributed by atoms with Gasteiger partial charge in [0.05, 0.1) is 5.69 Å². The van der Waals surface area contributed by atoms with Crippen molar-refractivity contribution in [1.29, 1.82) is 0 Å². The van der Waals surface area contributed by atoms with Crippen LogP contribution in [0.25, 0.3) is 6.08 Å². The molecular weight excluding hydrogens is 496 g/mol. The Bertz CT molecular complexity index is 1280. The number of benzene rings is 3. The van der Waals surface area contributed by atoms with E-state index in [1.165, 1.54) is 6.08 Å². The lowest BCUT2D eigenvalue weighted by Crippen LogP contribution is -2.54. The Morgan fingerprint density at radius 3 is 2.29 bits per heavy atom. The van der Waals surface area contributed by atoms with Crippen molar-refractivity contribution in [3.05, 3.63) is 99.0 Å². The lowest BCUT2D eigenvalue weighted by molar-refractivity contribution is -0.122. The second-order valence-electron chi connectivity index (χ2n) is 7.93. The molecule has 0 radical (unpaired) electrons. The van der Waals surface area contributed by atoms with Crippen molar-refractivity contribution in [3.63, 3.8) is 0 Å². The second kappa shape index (κ2) is 10.1. The molecule has 0 aliphatic carbocycles. The average molecular weight is 519 g/mol. The molecule has 34 heavy (non-hydrogen) atoms. The van der Waals surface area contributed by atoms with Crippen molar-refractivity contribution < 1.29 is 19.1 Å². The van der Waals surface area contributed by atoms with Crippen molar-refractivity contribution >= 4 is 45.5 Å². The molecule has 172 valence electrons. The number of aryl methyl sites for hydroxylation is 2. The average Bonchev–Trinajstić information content (AvgIpc) is 2.82. The summed E-state index contributed by atoms with van der Waals surface area (Å²) in [6.45, 7) is 4.36. The van der Waals surface area contributed by atoms with Gasteiger partial charge in [-0.3, -0.25) is 14.9 Å². The molecule has 1 aliphatic rings. The van der Waals surface area contributed by atoms with Crippen LogP contribution in [-0.2, 0) is 22.6 Å². The molecule has 1 heterocycles. The van der Waals surface area contributed by atoms with Crippen molar-refractivity contribution in [2.75, 3.05) is 4.90 Å². The van der Waals surface area contributed by atoms with Crippen LogP contribution in [0.5, 0.6) is 5.75 Å². The van der Waals surface area contributed by atoms with Gasteiger partial charge in [-0.1, -0.05) is 64.8 Å². The Balaban J connectivity index is 1.65. The number of nitrogens with one attached hydrogen (secondary N) is 1. The molecule has 3 aromatic rings. The van der Waals surface area contributed by atoms with E-state index in [0.717, 1.165) is 32.5 Å². The predicted molar refractivity (Wildman–Crippen MR) is 134 cm³/mol. The number of halogens is 1. The van der Waals surface area contributed by atoms with Crippen LogP contribution in [0.3, 0.4) is 0 Å². The van der Waals surface area contributed by atoms with E-state index >= 15 is 0 Å². The largest absolute Gasteiger partial charge is 0.488 e. The topological polar surface area (TPSA) is 75.7 Å². The number of ether oxygens (including phenoxy) is 1. The van der Waals surface area contributed by atoms with Crippen LogP contribution >= 0.6 is 15.9 Å². The van der Waals surface area contributed by atoms with Gasteiger partial charge in [0.15, 0.2) is 0 Å². The standard InChI is InChI=1S/C27H23BrN2O4/c1-3-18-8-11-22(12-9-18)30-26(32)23(25(31)29-27(30)33)15-20-14-21(28)10-13-24(20)34-16-19-6-4-17(2)5-7-19/h4-15H,3,16H2,1-2H3,(H,29,31,33)/b23-15-. The van der Waals surface area contributed by atoms with Gasteiger partial charge in [-0.2, -0.15) is 0 Å². The first-order valence-corrected chi connectivity index (χ1v) is 11.6. The van der Waals surface area contributed by atoms with E-state index in [4.69, 9.17) is 4.74 Å². The molecule has 7 heteroatoms. The quantitative estimate of drug-likeness (QED) is 0.342. The molecule has 0 unspecified atom stereocenters. The summed E-state index contributed by atoms with van der Waals surface area (Å²) in [5, 5.41) is 2.26. The zero-order valence-electron chi connectivity index (χ0n) is 18.8. The fourth-order valence-corrected chi connectivity index (χ4v) is 3.92. The van der Waals surface area contributed by atoms with E-state index in [2.05, 4.69) is 21.2 Å². The Labute approximate surface area is 206 Å². The van der Waals surface area contributed by atoms with Gasteiger partial charge >= 0.3 is 6.03 Å². The highest BCUT2D eigenvalue weighted by Crippen LogP contribution is 2.29. The second-order valence-corrected chi connectivity index (χ2v) is 8.85. The molecule has 1 fully saturated rings. The van der Waals surface area contributed by atoms with Gasteiger partial charge in [0.1, 0.15) is 17.9 Å². The highest BCUT2D eigenvalue weighted by Gasteiger charge is 2.37. The number of hydrogen-bond donors (Lipinski definition) is 1. The van der Waals surface area contributed by atoms with E-state index in [-0.39, 0.29) is 5.57 Å². The number of nitrogens with zero attached hydrogens (tertiary/aromatic N) is 1. The summed E-state index contributed by atoms with van der Waals surface area (Å²) in [5.41, 5.74) is 4.00. The van der Waals surface area contributed by atoms with Crippen LogP contribution in [0.1, 0.15) is 29.2 Å². The number of imide groups is 2. The van der Waals surface area contributed by atoms with Gasteiger partial charge in [-0.15, -0.1) is 0 Å². The third-order valence-corrected chi connectivity index (χ3v) is 5.98. The monoisotopic (exact) mass is 518 g/mol. The molecule has 4 amide bonds. The molecule has 1 saturated heterocycles. The molecule has 3 aromatic carbocycles. The summed E-state index contributed by atoms with van der Waals surface area (Å²) < 4.78 is 6.76. The number of urea groups is 1. The molecule has 0 spiro atoms. The van der Waals surface area contributed by atoms with E-state index in [9.17, 15) is 14.4 Å². The van der Waals surface area contributed by atoms with Gasteiger partial charge in [-0.05, 0) is 60.9 Å². The van der Waals surface area contributed by atoms with Gasteiger partial charge < -0.3 is 4.74 Å². The molecule has 1 aliphatic heterocycles. The highest BCUT2D eigenvalue weighted by molar-refractivity contribution is 9.10. The Kier molecular flexibility index (Phi) is 6.93. The maximum absolute atomic E-state index is 13.2. The molecule has 4 rings (SSSR count). The first-order chi connectivity index (χ1) is 16.4. The van der Waals surface area contributed by atoms with Crippen LogP contribution in [0.2, 0.25) is 0 Å². The lowest BCUT2D eigenvalue weighted by atomic mass is 10.1. The summed E-state index contributed by atoms with van der Waals surface area (Å²) in [6, 6.07) is 19.6. The number of carbonyl (C=O) groups is 3. The third-order valence-electron chi connectivity index (χ3n) is 5.49. The highest BCUT2D eigenvalue weighted by atomic mass is 79.9. The number of carbonyl (C=O) groups excluding carboxylic acids is 3. The van der Waals surface area contributed by atoms with Crippen molar-refractivity contribution in [1.82, 2.24) is 5.32 Å². The van der Waals surface area contributed by atoms with Crippen LogP contribution in [-0.4, -0.2) is 17.8 Å².